The second-order valence-corrected chi connectivity index (χ2v) is 4.49. The van der Waals surface area contributed by atoms with E-state index in [9.17, 15) is 0 Å². The Bertz CT molecular complexity index is 137. The Morgan fingerprint density at radius 3 is 2.57 bits per heavy atom. The molecule has 14 heavy (non-hydrogen) atoms. The van der Waals surface area contributed by atoms with Gasteiger partial charge in [-0.15, -0.1) is 0 Å². The topological polar surface area (TPSA) is 38.5 Å². The average Bonchev–Trinajstić information content (AvgIpc) is 2.03. The van der Waals surface area contributed by atoms with Crippen LogP contribution in [0.1, 0.15) is 33.1 Å². The van der Waals surface area contributed by atoms with Crippen LogP contribution in [0.2, 0.25) is 0 Å². The van der Waals surface area contributed by atoms with Crippen LogP contribution in [-0.4, -0.2) is 44.3 Å². The maximum atomic E-state index is 6.16. The summed E-state index contributed by atoms with van der Waals surface area (Å²) in [5.74, 6) is 0. The zero-order valence-corrected chi connectivity index (χ0v) is 10.2. The molecule has 0 aromatic rings. The van der Waals surface area contributed by atoms with Gasteiger partial charge in [0.15, 0.2) is 0 Å². The van der Waals surface area contributed by atoms with E-state index >= 15 is 0 Å². The van der Waals surface area contributed by atoms with Gasteiger partial charge in [0, 0.05) is 32.3 Å². The van der Waals surface area contributed by atoms with Crippen LogP contribution < -0.4 is 5.73 Å². The molecule has 3 heteroatoms. The first-order valence-electron chi connectivity index (χ1n) is 5.48. The fourth-order valence-corrected chi connectivity index (χ4v) is 1.82. The molecule has 1 atom stereocenters. The van der Waals surface area contributed by atoms with Gasteiger partial charge in [-0.05, 0) is 26.8 Å². The normalized spacial score (nSPS) is 15.9. The molecular weight excluding hydrogens is 176 g/mol. The fraction of sp³-hybridized carbons (Fsp3) is 1.00. The second kappa shape index (κ2) is 7.21. The predicted molar refractivity (Wildman–Crippen MR) is 61.5 cm³/mol. The zero-order valence-electron chi connectivity index (χ0n) is 10.2. The van der Waals surface area contributed by atoms with E-state index in [0.29, 0.717) is 0 Å². The zero-order chi connectivity index (χ0) is 11.0. The second-order valence-electron chi connectivity index (χ2n) is 4.49. The van der Waals surface area contributed by atoms with E-state index in [-0.39, 0.29) is 5.54 Å². The molecule has 0 spiro atoms. The third-order valence-electron chi connectivity index (χ3n) is 2.34. The predicted octanol–water partition coefficient (Wildman–Crippen LogP) is 1.47. The SMILES string of the molecule is CCCC(C)(N)CN(C)CCCOC. The van der Waals surface area contributed by atoms with Gasteiger partial charge >= 0.3 is 0 Å². The molecule has 0 aliphatic rings. The Morgan fingerprint density at radius 2 is 2.07 bits per heavy atom. The van der Waals surface area contributed by atoms with Crippen molar-refractivity contribution in [2.75, 3.05) is 33.9 Å². The third kappa shape index (κ3) is 7.30. The molecular formula is C11H26N2O. The van der Waals surface area contributed by atoms with Gasteiger partial charge in [-0.25, -0.2) is 0 Å². The van der Waals surface area contributed by atoms with Gasteiger partial charge in [0.05, 0.1) is 0 Å². The van der Waals surface area contributed by atoms with Crippen molar-refractivity contribution in [1.82, 2.24) is 4.90 Å². The molecule has 0 aliphatic carbocycles. The number of rotatable bonds is 8. The van der Waals surface area contributed by atoms with Crippen molar-refractivity contribution in [2.45, 2.75) is 38.6 Å². The lowest BCUT2D eigenvalue weighted by atomic mass is 9.97. The summed E-state index contributed by atoms with van der Waals surface area (Å²) in [6, 6.07) is 0. The maximum Gasteiger partial charge on any atom is 0.0474 e. The van der Waals surface area contributed by atoms with E-state index in [1.165, 1.54) is 0 Å². The summed E-state index contributed by atoms with van der Waals surface area (Å²) in [4.78, 5) is 2.29. The molecule has 0 bridgehead atoms. The van der Waals surface area contributed by atoms with Crippen molar-refractivity contribution >= 4 is 0 Å². The molecule has 0 radical (unpaired) electrons. The fourth-order valence-electron chi connectivity index (χ4n) is 1.82. The van der Waals surface area contributed by atoms with Crippen molar-refractivity contribution in [1.29, 1.82) is 0 Å². The number of nitrogens with two attached hydrogens (primary N) is 1. The van der Waals surface area contributed by atoms with E-state index in [2.05, 4.69) is 25.8 Å². The summed E-state index contributed by atoms with van der Waals surface area (Å²) < 4.78 is 5.01. The van der Waals surface area contributed by atoms with Crippen LogP contribution in [-0.2, 0) is 4.74 Å². The first-order chi connectivity index (χ1) is 6.52. The van der Waals surface area contributed by atoms with Gasteiger partial charge in [0.1, 0.15) is 0 Å². The lowest BCUT2D eigenvalue weighted by molar-refractivity contribution is 0.170. The minimum absolute atomic E-state index is 0.0451. The molecule has 86 valence electrons. The van der Waals surface area contributed by atoms with Crippen LogP contribution in [0.15, 0.2) is 0 Å². The first-order valence-corrected chi connectivity index (χ1v) is 5.48. The first kappa shape index (κ1) is 13.9. The summed E-state index contributed by atoms with van der Waals surface area (Å²) in [7, 11) is 3.86. The van der Waals surface area contributed by atoms with Crippen molar-refractivity contribution < 1.29 is 4.74 Å². The highest BCUT2D eigenvalue weighted by Crippen LogP contribution is 2.09. The Balaban J connectivity index is 3.63. The van der Waals surface area contributed by atoms with Gasteiger partial charge in [-0.3, -0.25) is 0 Å². The highest BCUT2D eigenvalue weighted by atomic mass is 16.5. The molecule has 0 aromatic heterocycles. The molecule has 3 nitrogen and oxygen atoms in total. The minimum Gasteiger partial charge on any atom is -0.385 e. The summed E-state index contributed by atoms with van der Waals surface area (Å²) in [5, 5.41) is 0. The van der Waals surface area contributed by atoms with Crippen molar-refractivity contribution in [2.24, 2.45) is 5.73 Å². The molecule has 0 aliphatic heterocycles. The molecule has 2 N–H and O–H groups in total. The van der Waals surface area contributed by atoms with Crippen LogP contribution in [0, 0.1) is 0 Å². The molecule has 0 fully saturated rings. The van der Waals surface area contributed by atoms with Crippen molar-refractivity contribution in [3.63, 3.8) is 0 Å². The van der Waals surface area contributed by atoms with Gasteiger partial charge in [-0.2, -0.15) is 0 Å². The van der Waals surface area contributed by atoms with E-state index in [1.807, 2.05) is 0 Å². The Hall–Kier alpha value is -0.120. The van der Waals surface area contributed by atoms with Gasteiger partial charge in [0.25, 0.3) is 0 Å². The number of ether oxygens (including phenoxy) is 1. The van der Waals surface area contributed by atoms with E-state index in [1.54, 1.807) is 7.11 Å². The van der Waals surface area contributed by atoms with Crippen LogP contribution in [0.4, 0.5) is 0 Å². The Morgan fingerprint density at radius 1 is 1.43 bits per heavy atom. The van der Waals surface area contributed by atoms with Gasteiger partial charge in [-0.1, -0.05) is 13.3 Å². The molecule has 0 saturated heterocycles. The lowest BCUT2D eigenvalue weighted by Gasteiger charge is -2.29. The van der Waals surface area contributed by atoms with Crippen molar-refractivity contribution in [3.8, 4) is 0 Å². The quantitative estimate of drug-likeness (QED) is 0.606. The number of nitrogens with zero attached hydrogens (tertiary/aromatic N) is 1. The largest absolute Gasteiger partial charge is 0.385 e. The van der Waals surface area contributed by atoms with Gasteiger partial charge < -0.3 is 15.4 Å². The molecule has 0 rings (SSSR count). The molecule has 0 amide bonds. The van der Waals surface area contributed by atoms with E-state index in [4.69, 9.17) is 10.5 Å². The maximum absolute atomic E-state index is 6.16. The van der Waals surface area contributed by atoms with E-state index in [0.717, 1.165) is 39.0 Å². The lowest BCUT2D eigenvalue weighted by Crippen LogP contribution is -2.46. The summed E-state index contributed by atoms with van der Waals surface area (Å²) in [6.07, 6.45) is 3.32. The highest BCUT2D eigenvalue weighted by molar-refractivity contribution is 4.81. The molecule has 0 heterocycles. The molecule has 0 aromatic carbocycles. The Kier molecular flexibility index (Phi) is 7.15. The molecule has 0 saturated carbocycles. The van der Waals surface area contributed by atoms with E-state index < -0.39 is 0 Å². The minimum atomic E-state index is -0.0451. The number of methoxy groups -OCH3 is 1. The number of hydrogen-bond donors (Lipinski definition) is 1. The summed E-state index contributed by atoms with van der Waals surface area (Å²) in [5.41, 5.74) is 6.11. The average molecular weight is 202 g/mol. The van der Waals surface area contributed by atoms with Gasteiger partial charge in [0.2, 0.25) is 0 Å². The van der Waals surface area contributed by atoms with Crippen LogP contribution in [0.3, 0.4) is 0 Å². The summed E-state index contributed by atoms with van der Waals surface area (Å²) in [6.45, 7) is 7.16. The van der Waals surface area contributed by atoms with Crippen molar-refractivity contribution in [3.05, 3.63) is 0 Å². The highest BCUT2D eigenvalue weighted by Gasteiger charge is 2.18. The van der Waals surface area contributed by atoms with Crippen LogP contribution in [0.25, 0.3) is 0 Å². The smallest absolute Gasteiger partial charge is 0.0474 e. The number of hydrogen-bond acceptors (Lipinski definition) is 3. The summed E-state index contributed by atoms with van der Waals surface area (Å²) >= 11 is 0. The molecule has 1 unspecified atom stereocenters. The Labute approximate surface area is 88.6 Å². The van der Waals surface area contributed by atoms with Crippen LogP contribution in [0.5, 0.6) is 0 Å². The number of likely N-dealkylation sites (N-methyl/N-ethyl adjacent to an activating group) is 1. The standard InChI is InChI=1S/C11H26N2O/c1-5-7-11(2,12)10-13(3)8-6-9-14-4/h5-10,12H2,1-4H3. The van der Waals surface area contributed by atoms with Crippen LogP contribution >= 0.6 is 0 Å². The monoisotopic (exact) mass is 202 g/mol. The third-order valence-corrected chi connectivity index (χ3v) is 2.34.